The minimum Gasteiger partial charge on any atom is -0.497 e. The van der Waals surface area contributed by atoms with Crippen molar-refractivity contribution < 1.29 is 22.7 Å². The van der Waals surface area contributed by atoms with E-state index in [9.17, 15) is 13.2 Å². The first-order chi connectivity index (χ1) is 13.7. The molecular formula is C21H28N2O5S. The summed E-state index contributed by atoms with van der Waals surface area (Å²) >= 11 is 0. The summed E-state index contributed by atoms with van der Waals surface area (Å²) in [6, 6.07) is 12.8. The predicted octanol–water partition coefficient (Wildman–Crippen LogP) is 3.13. The number of benzene rings is 2. The number of hydrogen-bond acceptors (Lipinski definition) is 5. The quantitative estimate of drug-likeness (QED) is 0.674. The van der Waals surface area contributed by atoms with E-state index in [1.54, 1.807) is 38.3 Å². The Bertz CT molecular complexity index is 946. The number of nitrogens with one attached hydrogen (secondary N) is 1. The second kappa shape index (κ2) is 9.65. The summed E-state index contributed by atoms with van der Waals surface area (Å²) in [5, 5.41) is 2.92. The Morgan fingerprint density at radius 1 is 1.10 bits per heavy atom. The van der Waals surface area contributed by atoms with E-state index >= 15 is 0 Å². The molecule has 0 aromatic heterocycles. The van der Waals surface area contributed by atoms with Crippen LogP contribution >= 0.6 is 0 Å². The van der Waals surface area contributed by atoms with Gasteiger partial charge in [-0.15, -0.1) is 0 Å². The van der Waals surface area contributed by atoms with E-state index in [4.69, 9.17) is 9.47 Å². The molecule has 0 spiro atoms. The maximum Gasteiger partial charge on any atom is 0.244 e. The van der Waals surface area contributed by atoms with E-state index in [0.717, 1.165) is 16.1 Å². The number of nitrogens with zero attached hydrogens (tertiary/aromatic N) is 1. The van der Waals surface area contributed by atoms with E-state index in [1.165, 1.54) is 7.11 Å². The summed E-state index contributed by atoms with van der Waals surface area (Å²) in [6.45, 7) is 3.61. The highest BCUT2D eigenvalue weighted by molar-refractivity contribution is 7.92. The lowest BCUT2D eigenvalue weighted by Crippen LogP contribution is -2.49. The largest absolute Gasteiger partial charge is 0.497 e. The average molecular weight is 421 g/mol. The molecule has 0 aliphatic carbocycles. The van der Waals surface area contributed by atoms with Crippen molar-refractivity contribution in [1.29, 1.82) is 0 Å². The average Bonchev–Trinajstić information content (AvgIpc) is 2.70. The number of hydrogen-bond donors (Lipinski definition) is 1. The zero-order valence-electron chi connectivity index (χ0n) is 17.4. The standard InChI is InChI=1S/C21H28N2O5S/c1-6-19(21(24)22-15(2)18-12-7-8-13-20(18)28-4)23(29(5,25)26)16-10-9-11-17(14-16)27-3/h7-15,19H,6H2,1-5H3,(H,22,24). The number of para-hydroxylation sites is 1. The van der Waals surface area contributed by atoms with Crippen LogP contribution in [-0.2, 0) is 14.8 Å². The monoisotopic (exact) mass is 420 g/mol. The minimum atomic E-state index is -3.72. The third-order valence-corrected chi connectivity index (χ3v) is 5.78. The second-order valence-corrected chi connectivity index (χ2v) is 8.52. The van der Waals surface area contributed by atoms with Crippen molar-refractivity contribution in [2.75, 3.05) is 24.8 Å². The molecule has 7 nitrogen and oxygen atoms in total. The lowest BCUT2D eigenvalue weighted by atomic mass is 10.1. The zero-order valence-corrected chi connectivity index (χ0v) is 18.2. The molecule has 1 N–H and O–H groups in total. The van der Waals surface area contributed by atoms with Gasteiger partial charge in [-0.2, -0.15) is 0 Å². The first-order valence-electron chi connectivity index (χ1n) is 9.29. The van der Waals surface area contributed by atoms with Gasteiger partial charge in [0.25, 0.3) is 0 Å². The van der Waals surface area contributed by atoms with E-state index in [1.807, 2.05) is 31.2 Å². The summed E-state index contributed by atoms with van der Waals surface area (Å²) in [7, 11) is -0.652. The number of rotatable bonds is 9. The van der Waals surface area contributed by atoms with Gasteiger partial charge in [0.1, 0.15) is 17.5 Å². The molecular weight excluding hydrogens is 392 g/mol. The molecule has 0 heterocycles. The van der Waals surface area contributed by atoms with Crippen LogP contribution in [0.3, 0.4) is 0 Å². The van der Waals surface area contributed by atoms with E-state index < -0.39 is 16.1 Å². The summed E-state index contributed by atoms with van der Waals surface area (Å²) in [5.41, 5.74) is 1.18. The van der Waals surface area contributed by atoms with Crippen molar-refractivity contribution in [3.63, 3.8) is 0 Å². The highest BCUT2D eigenvalue weighted by atomic mass is 32.2. The van der Waals surface area contributed by atoms with Crippen LogP contribution in [-0.4, -0.2) is 40.8 Å². The molecule has 0 aliphatic heterocycles. The fourth-order valence-electron chi connectivity index (χ4n) is 3.22. The first kappa shape index (κ1) is 22.5. The van der Waals surface area contributed by atoms with E-state index in [2.05, 4.69) is 5.32 Å². The Morgan fingerprint density at radius 3 is 2.38 bits per heavy atom. The van der Waals surface area contributed by atoms with Crippen LogP contribution in [0.25, 0.3) is 0 Å². The second-order valence-electron chi connectivity index (χ2n) is 6.66. The van der Waals surface area contributed by atoms with Crippen LogP contribution in [0.5, 0.6) is 11.5 Å². The van der Waals surface area contributed by atoms with Gasteiger partial charge in [-0.3, -0.25) is 9.10 Å². The smallest absolute Gasteiger partial charge is 0.244 e. The normalized spacial score (nSPS) is 13.3. The third-order valence-electron chi connectivity index (χ3n) is 4.60. The van der Waals surface area contributed by atoms with E-state index in [0.29, 0.717) is 23.6 Å². The molecule has 0 saturated heterocycles. The Kier molecular flexibility index (Phi) is 7.50. The predicted molar refractivity (Wildman–Crippen MR) is 114 cm³/mol. The number of carbonyl (C=O) groups is 1. The molecule has 2 atom stereocenters. The van der Waals surface area contributed by atoms with Gasteiger partial charge in [-0.25, -0.2) is 8.42 Å². The van der Waals surface area contributed by atoms with Gasteiger partial charge in [0.15, 0.2) is 0 Å². The van der Waals surface area contributed by atoms with Crippen LogP contribution in [0.1, 0.15) is 31.9 Å². The van der Waals surface area contributed by atoms with Crippen LogP contribution in [0.2, 0.25) is 0 Å². The third kappa shape index (κ3) is 5.41. The van der Waals surface area contributed by atoms with Gasteiger partial charge in [0.05, 0.1) is 32.2 Å². The van der Waals surface area contributed by atoms with Gasteiger partial charge in [-0.05, 0) is 31.5 Å². The molecule has 0 bridgehead atoms. The van der Waals surface area contributed by atoms with Gasteiger partial charge in [0.2, 0.25) is 15.9 Å². The van der Waals surface area contributed by atoms with Crippen LogP contribution in [0.15, 0.2) is 48.5 Å². The number of sulfonamides is 1. The molecule has 0 saturated carbocycles. The fraction of sp³-hybridized carbons (Fsp3) is 0.381. The molecule has 8 heteroatoms. The molecule has 2 unspecified atom stereocenters. The SMILES string of the molecule is CCC(C(=O)NC(C)c1ccccc1OC)N(c1cccc(OC)c1)S(C)(=O)=O. The van der Waals surface area contributed by atoms with Crippen LogP contribution in [0, 0.1) is 0 Å². The highest BCUT2D eigenvalue weighted by Crippen LogP contribution is 2.28. The summed E-state index contributed by atoms with van der Waals surface area (Å²) in [5.74, 6) is 0.772. The Morgan fingerprint density at radius 2 is 1.79 bits per heavy atom. The van der Waals surface area contributed by atoms with Crippen LogP contribution in [0.4, 0.5) is 5.69 Å². The maximum atomic E-state index is 13.1. The molecule has 2 aromatic carbocycles. The number of amides is 1. The zero-order chi connectivity index (χ0) is 21.6. The van der Waals surface area contributed by atoms with E-state index in [-0.39, 0.29) is 11.9 Å². The Hall–Kier alpha value is -2.74. The minimum absolute atomic E-state index is 0.300. The highest BCUT2D eigenvalue weighted by Gasteiger charge is 2.32. The van der Waals surface area contributed by atoms with Crippen molar-refractivity contribution >= 4 is 21.6 Å². The lowest BCUT2D eigenvalue weighted by molar-refractivity contribution is -0.122. The summed E-state index contributed by atoms with van der Waals surface area (Å²) in [4.78, 5) is 13.1. The summed E-state index contributed by atoms with van der Waals surface area (Å²) < 4.78 is 36.9. The molecule has 158 valence electrons. The molecule has 0 fully saturated rings. The molecule has 2 rings (SSSR count). The van der Waals surface area contributed by atoms with Crippen molar-refractivity contribution in [2.24, 2.45) is 0 Å². The molecule has 0 aliphatic rings. The summed E-state index contributed by atoms with van der Waals surface area (Å²) in [6.07, 6.45) is 1.39. The van der Waals surface area contributed by atoms with Gasteiger partial charge < -0.3 is 14.8 Å². The van der Waals surface area contributed by atoms with Gasteiger partial charge in [0, 0.05) is 11.6 Å². The number of ether oxygens (including phenoxy) is 2. The van der Waals surface area contributed by atoms with Crippen molar-refractivity contribution in [2.45, 2.75) is 32.4 Å². The van der Waals surface area contributed by atoms with Gasteiger partial charge in [-0.1, -0.05) is 31.2 Å². The molecule has 2 aromatic rings. The molecule has 29 heavy (non-hydrogen) atoms. The number of methoxy groups -OCH3 is 2. The maximum absolute atomic E-state index is 13.1. The topological polar surface area (TPSA) is 84.9 Å². The van der Waals surface area contributed by atoms with Crippen molar-refractivity contribution in [3.05, 3.63) is 54.1 Å². The van der Waals surface area contributed by atoms with Gasteiger partial charge >= 0.3 is 0 Å². The van der Waals surface area contributed by atoms with Crippen molar-refractivity contribution in [1.82, 2.24) is 5.32 Å². The molecule has 0 radical (unpaired) electrons. The Balaban J connectivity index is 2.35. The number of anilines is 1. The lowest BCUT2D eigenvalue weighted by Gasteiger charge is -2.31. The molecule has 1 amide bonds. The number of carbonyl (C=O) groups excluding carboxylic acids is 1. The van der Waals surface area contributed by atoms with Crippen molar-refractivity contribution in [3.8, 4) is 11.5 Å². The fourth-order valence-corrected chi connectivity index (χ4v) is 4.42. The van der Waals surface area contributed by atoms with Crippen LogP contribution < -0.4 is 19.1 Å². The first-order valence-corrected chi connectivity index (χ1v) is 11.1. The Labute approximate surface area is 172 Å².